The highest BCUT2D eigenvalue weighted by molar-refractivity contribution is 5.73. The van der Waals surface area contributed by atoms with Crippen LogP contribution in [-0.2, 0) is 20.7 Å². The van der Waals surface area contributed by atoms with Crippen molar-refractivity contribution in [2.24, 2.45) is 17.3 Å². The van der Waals surface area contributed by atoms with Gasteiger partial charge in [0.15, 0.2) is 11.5 Å². The van der Waals surface area contributed by atoms with Crippen LogP contribution in [0.15, 0.2) is 12.1 Å². The van der Waals surface area contributed by atoms with Crippen molar-refractivity contribution in [3.63, 3.8) is 0 Å². The smallest absolute Gasteiger partial charge is 0.311 e. The molecule has 0 spiro atoms. The van der Waals surface area contributed by atoms with Crippen molar-refractivity contribution < 1.29 is 23.8 Å². The second kappa shape index (κ2) is 8.24. The number of carbonyl (C=O) groups is 2. The first-order valence-corrected chi connectivity index (χ1v) is 11.5. The molecule has 0 heterocycles. The van der Waals surface area contributed by atoms with Crippen LogP contribution in [0.25, 0.3) is 0 Å². The Morgan fingerprint density at radius 2 is 1.80 bits per heavy atom. The van der Waals surface area contributed by atoms with E-state index in [-0.39, 0.29) is 23.5 Å². The Labute approximate surface area is 179 Å². The van der Waals surface area contributed by atoms with Gasteiger partial charge in [0.05, 0.1) is 7.11 Å². The highest BCUT2D eigenvalue weighted by Crippen LogP contribution is 2.62. The summed E-state index contributed by atoms with van der Waals surface area (Å²) in [6.45, 7) is 6.01. The van der Waals surface area contributed by atoms with Gasteiger partial charge in [0.2, 0.25) is 0 Å². The van der Waals surface area contributed by atoms with E-state index in [9.17, 15) is 9.59 Å². The first kappa shape index (κ1) is 21.2. The van der Waals surface area contributed by atoms with E-state index in [4.69, 9.17) is 14.2 Å². The Balaban J connectivity index is 1.60. The number of methoxy groups -OCH3 is 1. The van der Waals surface area contributed by atoms with Gasteiger partial charge in [0.1, 0.15) is 6.10 Å². The van der Waals surface area contributed by atoms with E-state index in [0.717, 1.165) is 38.5 Å². The summed E-state index contributed by atoms with van der Waals surface area (Å²) < 4.78 is 17.0. The summed E-state index contributed by atoms with van der Waals surface area (Å²) in [5.74, 6) is 2.56. The van der Waals surface area contributed by atoms with Crippen molar-refractivity contribution in [2.45, 2.75) is 84.2 Å². The lowest BCUT2D eigenvalue weighted by atomic mass is 9.55. The number of ether oxygens (including phenoxy) is 3. The fraction of sp³-hybridized carbons (Fsp3) is 0.680. The molecular weight excluding hydrogens is 380 g/mol. The Morgan fingerprint density at radius 1 is 1.03 bits per heavy atom. The van der Waals surface area contributed by atoms with E-state index in [1.165, 1.54) is 11.1 Å². The molecule has 2 fully saturated rings. The molecule has 0 saturated heterocycles. The van der Waals surface area contributed by atoms with Gasteiger partial charge in [0, 0.05) is 18.3 Å². The molecule has 164 valence electrons. The first-order valence-electron chi connectivity index (χ1n) is 11.5. The number of benzene rings is 1. The molecule has 1 aromatic rings. The number of aryl methyl sites for hydroxylation is 1. The lowest BCUT2D eigenvalue weighted by Crippen LogP contribution is -2.45. The second-order valence-electron chi connectivity index (χ2n) is 9.40. The molecule has 0 aliphatic heterocycles. The minimum atomic E-state index is -0.242. The topological polar surface area (TPSA) is 61.8 Å². The van der Waals surface area contributed by atoms with Crippen molar-refractivity contribution in [1.29, 1.82) is 0 Å². The monoisotopic (exact) mass is 414 g/mol. The molecule has 3 aliphatic rings. The molecule has 2 saturated carbocycles. The van der Waals surface area contributed by atoms with Crippen LogP contribution in [0.3, 0.4) is 0 Å². The maximum Gasteiger partial charge on any atom is 0.311 e. The summed E-state index contributed by atoms with van der Waals surface area (Å²) in [4.78, 5) is 23.8. The molecule has 0 radical (unpaired) electrons. The summed E-state index contributed by atoms with van der Waals surface area (Å²) in [6, 6.07) is 4.13. The molecule has 1 aromatic carbocycles. The van der Waals surface area contributed by atoms with Crippen LogP contribution in [0.1, 0.15) is 82.8 Å². The van der Waals surface area contributed by atoms with E-state index in [1.807, 2.05) is 13.0 Å². The standard InChI is InChI=1S/C25H34O5/c1-5-23(26)29-21-13-15-7-8-17-16(18(15)14-20(21)28-4)11-12-25(3)19(17)9-10-22(25)30-24(27)6-2/h13-14,16-17,19,22H,5-12H2,1-4H3/t16?,17?,19?,22-,25-/m0/s1. The maximum atomic E-state index is 12.0. The summed E-state index contributed by atoms with van der Waals surface area (Å²) in [7, 11) is 1.63. The molecule has 0 amide bonds. The lowest BCUT2D eigenvalue weighted by Gasteiger charge is -2.50. The minimum Gasteiger partial charge on any atom is -0.493 e. The van der Waals surface area contributed by atoms with E-state index < -0.39 is 0 Å². The number of hydrogen-bond donors (Lipinski definition) is 0. The highest BCUT2D eigenvalue weighted by Gasteiger charge is 2.56. The van der Waals surface area contributed by atoms with Crippen LogP contribution in [0.4, 0.5) is 0 Å². The molecular formula is C25H34O5. The van der Waals surface area contributed by atoms with Crippen LogP contribution in [0.2, 0.25) is 0 Å². The predicted molar refractivity (Wildman–Crippen MR) is 114 cm³/mol. The lowest BCUT2D eigenvalue weighted by molar-refractivity contribution is -0.157. The zero-order chi connectivity index (χ0) is 21.5. The molecule has 5 atom stereocenters. The van der Waals surface area contributed by atoms with Crippen LogP contribution in [-0.4, -0.2) is 25.2 Å². The van der Waals surface area contributed by atoms with E-state index >= 15 is 0 Å². The number of hydrogen-bond acceptors (Lipinski definition) is 5. The summed E-state index contributed by atoms with van der Waals surface area (Å²) in [6.07, 6.45) is 7.27. The van der Waals surface area contributed by atoms with Gasteiger partial charge < -0.3 is 14.2 Å². The van der Waals surface area contributed by atoms with Gasteiger partial charge in [-0.3, -0.25) is 9.59 Å². The average molecular weight is 415 g/mol. The molecule has 5 nitrogen and oxygen atoms in total. The zero-order valence-corrected chi connectivity index (χ0v) is 18.7. The quantitative estimate of drug-likeness (QED) is 0.490. The van der Waals surface area contributed by atoms with Crippen LogP contribution in [0, 0.1) is 17.3 Å². The van der Waals surface area contributed by atoms with Crippen molar-refractivity contribution in [2.75, 3.05) is 7.11 Å². The Morgan fingerprint density at radius 3 is 2.50 bits per heavy atom. The van der Waals surface area contributed by atoms with Gasteiger partial charge in [0.25, 0.3) is 0 Å². The molecule has 5 heteroatoms. The maximum absolute atomic E-state index is 12.0. The van der Waals surface area contributed by atoms with Gasteiger partial charge in [-0.15, -0.1) is 0 Å². The van der Waals surface area contributed by atoms with Gasteiger partial charge in [-0.05, 0) is 79.5 Å². The predicted octanol–water partition coefficient (Wildman–Crippen LogP) is 5.19. The SMILES string of the molecule is CCC(=O)Oc1cc2c(cc1OC)C1CC[C@@]3(C)C(CC[C@@H]3OC(=O)CC)C1CC2. The van der Waals surface area contributed by atoms with Crippen LogP contribution < -0.4 is 9.47 Å². The van der Waals surface area contributed by atoms with Crippen molar-refractivity contribution >= 4 is 11.9 Å². The Bertz CT molecular complexity index is 831. The summed E-state index contributed by atoms with van der Waals surface area (Å²) >= 11 is 0. The summed E-state index contributed by atoms with van der Waals surface area (Å²) in [5, 5.41) is 0. The third-order valence-electron chi connectivity index (χ3n) is 8.00. The van der Waals surface area contributed by atoms with Crippen LogP contribution in [0.5, 0.6) is 11.5 Å². The second-order valence-corrected chi connectivity index (χ2v) is 9.40. The molecule has 30 heavy (non-hydrogen) atoms. The third kappa shape index (κ3) is 3.50. The van der Waals surface area contributed by atoms with Gasteiger partial charge in [-0.1, -0.05) is 20.8 Å². The number of carbonyl (C=O) groups excluding carboxylic acids is 2. The first-order chi connectivity index (χ1) is 14.4. The molecule has 0 aromatic heterocycles. The van der Waals surface area contributed by atoms with Crippen molar-refractivity contribution in [3.05, 3.63) is 23.3 Å². The van der Waals surface area contributed by atoms with Crippen LogP contribution >= 0.6 is 0 Å². The number of rotatable bonds is 5. The number of fused-ring (bicyclic) bond motifs is 5. The highest BCUT2D eigenvalue weighted by atomic mass is 16.6. The minimum absolute atomic E-state index is 0.0580. The Kier molecular flexibility index (Phi) is 5.82. The van der Waals surface area contributed by atoms with Crippen molar-refractivity contribution in [1.82, 2.24) is 0 Å². The van der Waals surface area contributed by atoms with E-state index in [0.29, 0.717) is 42.1 Å². The average Bonchev–Trinajstić information content (AvgIpc) is 3.08. The summed E-state index contributed by atoms with van der Waals surface area (Å²) in [5.41, 5.74) is 2.73. The van der Waals surface area contributed by atoms with Crippen molar-refractivity contribution in [3.8, 4) is 11.5 Å². The van der Waals surface area contributed by atoms with Gasteiger partial charge in [-0.25, -0.2) is 0 Å². The molecule has 0 bridgehead atoms. The zero-order valence-electron chi connectivity index (χ0n) is 18.7. The molecule has 3 aliphatic carbocycles. The number of esters is 2. The molecule has 3 unspecified atom stereocenters. The Hall–Kier alpha value is -2.04. The largest absolute Gasteiger partial charge is 0.493 e. The van der Waals surface area contributed by atoms with E-state index in [2.05, 4.69) is 13.0 Å². The molecule has 4 rings (SSSR count). The third-order valence-corrected chi connectivity index (χ3v) is 8.00. The normalized spacial score (nSPS) is 31.9. The van der Waals surface area contributed by atoms with Gasteiger partial charge >= 0.3 is 11.9 Å². The van der Waals surface area contributed by atoms with Gasteiger partial charge in [-0.2, -0.15) is 0 Å². The molecule has 0 N–H and O–H groups in total. The fourth-order valence-corrected chi connectivity index (χ4v) is 6.40. The fourth-order valence-electron chi connectivity index (χ4n) is 6.40. The van der Waals surface area contributed by atoms with E-state index in [1.54, 1.807) is 14.0 Å².